The van der Waals surface area contributed by atoms with Crippen LogP contribution in [0.25, 0.3) is 0 Å². The second kappa shape index (κ2) is 6.52. The summed E-state index contributed by atoms with van der Waals surface area (Å²) in [5, 5.41) is 20.1. The number of rotatable bonds is 5. The number of ketones is 1. The van der Waals surface area contributed by atoms with E-state index < -0.39 is 29.1 Å². The van der Waals surface area contributed by atoms with Crippen LogP contribution in [0.1, 0.15) is 15.9 Å². The van der Waals surface area contributed by atoms with E-state index in [9.17, 15) is 33.3 Å². The molecule has 0 aliphatic heterocycles. The second-order valence-corrected chi connectivity index (χ2v) is 4.62. The second-order valence-electron chi connectivity index (χ2n) is 4.62. The van der Waals surface area contributed by atoms with Gasteiger partial charge in [-0.3, -0.25) is 20.1 Å². The fourth-order valence-corrected chi connectivity index (χ4v) is 1.77. The number of nitrogens with zero attached hydrogens (tertiary/aromatic N) is 2. The molecule has 7 nitrogen and oxygen atoms in total. The van der Waals surface area contributed by atoms with Gasteiger partial charge >= 0.3 is 12.1 Å². The maximum atomic E-state index is 12.5. The van der Waals surface area contributed by atoms with E-state index in [1.807, 2.05) is 0 Å². The third kappa shape index (κ3) is 3.97. The first-order chi connectivity index (χ1) is 11.2. The van der Waals surface area contributed by atoms with E-state index in [4.69, 9.17) is 4.74 Å². The number of halogens is 3. The SMILES string of the molecule is O=C(COc1ccc(C(F)(F)F)c[n+]1O)c1cccc([N+](=O)[O-])c1. The lowest BCUT2D eigenvalue weighted by Crippen LogP contribution is -2.34. The Morgan fingerprint density at radius 2 is 2.00 bits per heavy atom. The maximum Gasteiger partial charge on any atom is 0.422 e. The Kier molecular flexibility index (Phi) is 4.67. The highest BCUT2D eigenvalue weighted by molar-refractivity contribution is 5.97. The van der Waals surface area contributed by atoms with Gasteiger partial charge in [-0.1, -0.05) is 12.1 Å². The number of alkyl halides is 3. The molecular weight excluding hydrogens is 333 g/mol. The number of ether oxygens (including phenoxy) is 1. The molecule has 10 heteroatoms. The van der Waals surface area contributed by atoms with E-state index in [0.717, 1.165) is 12.1 Å². The Morgan fingerprint density at radius 1 is 1.29 bits per heavy atom. The Bertz CT molecular complexity index is 792. The molecular formula is C14H10F3N2O5+. The molecule has 0 fully saturated rings. The highest BCUT2D eigenvalue weighted by Crippen LogP contribution is 2.28. The third-order valence-corrected chi connectivity index (χ3v) is 2.95. The molecule has 1 N–H and O–H groups in total. The molecule has 0 saturated carbocycles. The van der Waals surface area contributed by atoms with Crippen LogP contribution in [0.15, 0.2) is 42.6 Å². The molecule has 0 atom stereocenters. The molecule has 0 spiro atoms. The van der Waals surface area contributed by atoms with Crippen molar-refractivity contribution in [3.05, 3.63) is 63.8 Å². The summed E-state index contributed by atoms with van der Waals surface area (Å²) in [7, 11) is 0. The average molecular weight is 343 g/mol. The standard InChI is InChI=1S/C14H10F3N2O5/c15-14(16,17)10-4-5-13(18(21)7-10)24-8-12(20)9-2-1-3-11(6-9)19(22)23/h1-7,21H,8H2/q+1. The Hall–Kier alpha value is -3.17. The monoisotopic (exact) mass is 343 g/mol. The van der Waals surface area contributed by atoms with Gasteiger partial charge in [0.05, 0.1) is 11.0 Å². The van der Waals surface area contributed by atoms with Crippen LogP contribution in [0.5, 0.6) is 5.88 Å². The van der Waals surface area contributed by atoms with Crippen LogP contribution in [-0.2, 0) is 6.18 Å². The van der Waals surface area contributed by atoms with Crippen LogP contribution in [0.2, 0.25) is 0 Å². The van der Waals surface area contributed by atoms with E-state index in [1.54, 1.807) is 0 Å². The fraction of sp³-hybridized carbons (Fsp3) is 0.143. The van der Waals surface area contributed by atoms with Gasteiger partial charge in [0.25, 0.3) is 5.69 Å². The number of benzene rings is 1. The number of nitro benzene ring substituents is 1. The van der Waals surface area contributed by atoms with Crippen LogP contribution in [-0.4, -0.2) is 22.5 Å². The molecule has 1 heterocycles. The van der Waals surface area contributed by atoms with Crippen molar-refractivity contribution in [1.82, 2.24) is 0 Å². The number of pyridine rings is 1. The van der Waals surface area contributed by atoms with Gasteiger partial charge in [-0.2, -0.15) is 13.2 Å². The van der Waals surface area contributed by atoms with E-state index in [0.29, 0.717) is 12.3 Å². The summed E-state index contributed by atoms with van der Waals surface area (Å²) in [5.41, 5.74) is -1.38. The smallest absolute Gasteiger partial charge is 0.422 e. The summed E-state index contributed by atoms with van der Waals surface area (Å²) in [6.45, 7) is -0.618. The van der Waals surface area contributed by atoms with Gasteiger partial charge in [0.1, 0.15) is 5.56 Å². The average Bonchev–Trinajstić information content (AvgIpc) is 2.52. The van der Waals surface area contributed by atoms with Crippen molar-refractivity contribution in [2.45, 2.75) is 6.18 Å². The van der Waals surface area contributed by atoms with Gasteiger partial charge in [0.15, 0.2) is 6.61 Å². The first-order valence-corrected chi connectivity index (χ1v) is 6.41. The summed E-state index contributed by atoms with van der Waals surface area (Å²) in [4.78, 5) is 21.9. The topological polar surface area (TPSA) is 93.5 Å². The first-order valence-electron chi connectivity index (χ1n) is 6.41. The van der Waals surface area contributed by atoms with Gasteiger partial charge in [-0.25, -0.2) is 0 Å². The normalized spacial score (nSPS) is 11.1. The van der Waals surface area contributed by atoms with Crippen molar-refractivity contribution in [3.63, 3.8) is 0 Å². The van der Waals surface area contributed by atoms with E-state index in [2.05, 4.69) is 0 Å². The van der Waals surface area contributed by atoms with Crippen molar-refractivity contribution in [2.75, 3.05) is 6.61 Å². The fourth-order valence-electron chi connectivity index (χ4n) is 1.77. The number of hydrogen-bond acceptors (Lipinski definition) is 5. The quantitative estimate of drug-likeness (QED) is 0.296. The Morgan fingerprint density at radius 3 is 2.58 bits per heavy atom. The summed E-state index contributed by atoms with van der Waals surface area (Å²) in [6, 6.07) is 6.43. The van der Waals surface area contributed by atoms with Gasteiger partial charge in [-0.05, 0) is 6.07 Å². The van der Waals surface area contributed by atoms with Gasteiger partial charge in [-0.15, -0.1) is 0 Å². The van der Waals surface area contributed by atoms with E-state index in [1.165, 1.54) is 18.2 Å². The van der Waals surface area contributed by atoms with Crippen LogP contribution < -0.4 is 9.47 Å². The van der Waals surface area contributed by atoms with Crippen molar-refractivity contribution >= 4 is 11.5 Å². The van der Waals surface area contributed by atoms with Crippen LogP contribution in [0, 0.1) is 10.1 Å². The zero-order chi connectivity index (χ0) is 17.9. The highest BCUT2D eigenvalue weighted by Gasteiger charge is 2.34. The Labute approximate surface area is 132 Å². The van der Waals surface area contributed by atoms with Gasteiger partial charge in [0.2, 0.25) is 12.0 Å². The first kappa shape index (κ1) is 17.2. The van der Waals surface area contributed by atoms with Gasteiger partial charge < -0.3 is 4.74 Å². The predicted octanol–water partition coefficient (Wildman–Crippen LogP) is 2.40. The van der Waals surface area contributed by atoms with Crippen molar-refractivity contribution in [1.29, 1.82) is 0 Å². The number of non-ortho nitro benzene ring substituents is 1. The number of carbonyl (C=O) groups excluding carboxylic acids is 1. The molecule has 2 aromatic rings. The minimum absolute atomic E-state index is 0.000557. The molecule has 0 amide bonds. The molecule has 0 bridgehead atoms. The summed E-state index contributed by atoms with van der Waals surface area (Å²) in [5.74, 6) is -1.03. The van der Waals surface area contributed by atoms with Gasteiger partial charge in [0, 0.05) is 22.4 Å². The molecule has 0 radical (unpaired) electrons. The number of aromatic nitrogens is 1. The number of carbonyl (C=O) groups is 1. The molecule has 2 rings (SSSR count). The molecule has 0 aliphatic carbocycles. The van der Waals surface area contributed by atoms with Crippen LogP contribution >= 0.6 is 0 Å². The van der Waals surface area contributed by atoms with E-state index >= 15 is 0 Å². The number of nitro groups is 1. The zero-order valence-corrected chi connectivity index (χ0v) is 11.9. The lowest BCUT2D eigenvalue weighted by atomic mass is 10.1. The minimum Gasteiger partial charge on any atom is -0.433 e. The summed E-state index contributed by atoms with van der Waals surface area (Å²) in [6.07, 6.45) is -4.24. The third-order valence-electron chi connectivity index (χ3n) is 2.95. The van der Waals surface area contributed by atoms with Crippen molar-refractivity contribution < 1.29 is 37.6 Å². The molecule has 24 heavy (non-hydrogen) atoms. The lowest BCUT2D eigenvalue weighted by Gasteiger charge is -2.05. The largest absolute Gasteiger partial charge is 0.433 e. The van der Waals surface area contributed by atoms with E-state index in [-0.39, 0.29) is 21.9 Å². The molecule has 0 saturated heterocycles. The number of hydrogen-bond donors (Lipinski definition) is 1. The molecule has 0 unspecified atom stereocenters. The summed E-state index contributed by atoms with van der Waals surface area (Å²) < 4.78 is 42.4. The van der Waals surface area contributed by atoms with Crippen LogP contribution in [0.3, 0.4) is 0 Å². The predicted molar refractivity (Wildman–Crippen MR) is 71.7 cm³/mol. The zero-order valence-electron chi connectivity index (χ0n) is 11.9. The molecule has 126 valence electrons. The minimum atomic E-state index is -4.64. The molecule has 1 aromatic carbocycles. The molecule has 0 aliphatic rings. The highest BCUT2D eigenvalue weighted by atomic mass is 19.4. The van der Waals surface area contributed by atoms with Crippen molar-refractivity contribution in [3.8, 4) is 5.88 Å². The number of Topliss-reactive ketones (excluding diaryl/α,β-unsaturated/α-hetero) is 1. The Balaban J connectivity index is 2.09. The maximum absolute atomic E-state index is 12.5. The lowest BCUT2D eigenvalue weighted by molar-refractivity contribution is -0.906. The summed E-state index contributed by atoms with van der Waals surface area (Å²) >= 11 is 0. The van der Waals surface area contributed by atoms with Crippen LogP contribution in [0.4, 0.5) is 18.9 Å². The molecule has 1 aromatic heterocycles. The van der Waals surface area contributed by atoms with Crippen molar-refractivity contribution in [2.24, 2.45) is 0 Å².